The molecular weight excluding hydrogens is 265 g/mol. The maximum absolute atomic E-state index is 9.95. The van der Waals surface area contributed by atoms with Crippen LogP contribution in [0.1, 0.15) is 18.1 Å². The fraction of sp³-hybridized carbons (Fsp3) is 0.400. The molecule has 2 aromatic heterocycles. The molecule has 5 nitrogen and oxygen atoms in total. The Morgan fingerprint density at radius 2 is 2.18 bits per heavy atom. The van der Waals surface area contributed by atoms with E-state index < -0.39 is 12.2 Å². The average Bonchev–Trinajstić information content (AvgIpc) is 2.71. The minimum Gasteiger partial charge on any atom is -0.390 e. The lowest BCUT2D eigenvalue weighted by Gasteiger charge is -2.15. The van der Waals surface area contributed by atoms with Crippen molar-refractivity contribution in [1.82, 2.24) is 14.6 Å². The predicted molar refractivity (Wildman–Crippen MR) is 64.3 cm³/mol. The Kier molecular flexibility index (Phi) is 3.83. The number of aliphatic hydroxyl groups excluding tert-OH is 2. The van der Waals surface area contributed by atoms with Crippen LogP contribution in [-0.2, 0) is 0 Å². The smallest absolute Gasteiger partial charge is 0.162 e. The summed E-state index contributed by atoms with van der Waals surface area (Å²) >= 11 is 11.3. The molecule has 0 spiro atoms. The van der Waals surface area contributed by atoms with E-state index in [2.05, 4.69) is 10.1 Å². The van der Waals surface area contributed by atoms with Crippen molar-refractivity contribution in [2.75, 3.05) is 5.88 Å². The standard InChI is InChI=1S/C10H11Cl2N3O2/c11-3-1-7(16)9(17)6-5-13-15-4-2-8(12)14-10(6)15/h2,4-5,7,9,16-17H,1,3H2. The van der Waals surface area contributed by atoms with Crippen LogP contribution in [0.4, 0.5) is 0 Å². The highest BCUT2D eigenvalue weighted by Crippen LogP contribution is 2.23. The van der Waals surface area contributed by atoms with E-state index in [1.807, 2.05) is 0 Å². The summed E-state index contributed by atoms with van der Waals surface area (Å²) in [6, 6.07) is 1.59. The Hall–Kier alpha value is -0.880. The van der Waals surface area contributed by atoms with Crippen LogP contribution >= 0.6 is 23.2 Å². The zero-order valence-electron chi connectivity index (χ0n) is 8.79. The number of alkyl halides is 1. The van der Waals surface area contributed by atoms with Crippen molar-refractivity contribution in [1.29, 1.82) is 0 Å². The lowest BCUT2D eigenvalue weighted by Crippen LogP contribution is -2.18. The van der Waals surface area contributed by atoms with Crippen LogP contribution < -0.4 is 0 Å². The third-order valence-electron chi connectivity index (χ3n) is 2.45. The van der Waals surface area contributed by atoms with Gasteiger partial charge in [0.15, 0.2) is 5.65 Å². The van der Waals surface area contributed by atoms with Crippen LogP contribution in [0, 0.1) is 0 Å². The molecule has 7 heteroatoms. The van der Waals surface area contributed by atoms with Gasteiger partial charge in [0.25, 0.3) is 0 Å². The number of hydrogen-bond donors (Lipinski definition) is 2. The summed E-state index contributed by atoms with van der Waals surface area (Å²) in [4.78, 5) is 4.06. The second-order valence-corrected chi connectivity index (χ2v) is 4.37. The molecule has 2 unspecified atom stereocenters. The van der Waals surface area contributed by atoms with Crippen molar-refractivity contribution in [2.24, 2.45) is 0 Å². The van der Waals surface area contributed by atoms with E-state index in [0.717, 1.165) is 0 Å². The Balaban J connectivity index is 2.38. The first-order valence-electron chi connectivity index (χ1n) is 5.05. The summed E-state index contributed by atoms with van der Waals surface area (Å²) in [5.41, 5.74) is 0.865. The van der Waals surface area contributed by atoms with Gasteiger partial charge in [-0.05, 0) is 12.5 Å². The average molecular weight is 276 g/mol. The Morgan fingerprint density at radius 1 is 1.41 bits per heavy atom. The normalized spacial score (nSPS) is 15.1. The van der Waals surface area contributed by atoms with Crippen molar-refractivity contribution in [2.45, 2.75) is 18.6 Å². The van der Waals surface area contributed by atoms with Crippen LogP contribution in [0.2, 0.25) is 5.15 Å². The monoisotopic (exact) mass is 275 g/mol. The van der Waals surface area contributed by atoms with Crippen molar-refractivity contribution in [3.8, 4) is 0 Å². The van der Waals surface area contributed by atoms with E-state index in [-0.39, 0.29) is 5.88 Å². The van der Waals surface area contributed by atoms with Crippen LogP contribution in [-0.4, -0.2) is 36.8 Å². The van der Waals surface area contributed by atoms with E-state index in [9.17, 15) is 10.2 Å². The van der Waals surface area contributed by atoms with E-state index in [0.29, 0.717) is 22.8 Å². The predicted octanol–water partition coefficient (Wildman–Crippen LogP) is 1.41. The van der Waals surface area contributed by atoms with Crippen LogP contribution in [0.5, 0.6) is 0 Å². The number of rotatable bonds is 4. The van der Waals surface area contributed by atoms with Crippen LogP contribution in [0.25, 0.3) is 5.65 Å². The van der Waals surface area contributed by atoms with Gasteiger partial charge in [0.1, 0.15) is 11.3 Å². The molecule has 0 aliphatic carbocycles. The first-order valence-corrected chi connectivity index (χ1v) is 5.96. The lowest BCUT2D eigenvalue weighted by atomic mass is 10.1. The zero-order chi connectivity index (χ0) is 12.4. The van der Waals surface area contributed by atoms with E-state index in [1.165, 1.54) is 10.7 Å². The van der Waals surface area contributed by atoms with Gasteiger partial charge in [0.2, 0.25) is 0 Å². The van der Waals surface area contributed by atoms with Crippen molar-refractivity contribution < 1.29 is 10.2 Å². The Labute approximate surface area is 108 Å². The van der Waals surface area contributed by atoms with Gasteiger partial charge in [0.05, 0.1) is 12.3 Å². The molecule has 0 aliphatic rings. The molecule has 0 saturated heterocycles. The summed E-state index contributed by atoms with van der Waals surface area (Å²) in [6.45, 7) is 0. The largest absolute Gasteiger partial charge is 0.390 e. The maximum Gasteiger partial charge on any atom is 0.162 e. The lowest BCUT2D eigenvalue weighted by molar-refractivity contribution is 0.0177. The number of halogens is 2. The van der Waals surface area contributed by atoms with Gasteiger partial charge < -0.3 is 10.2 Å². The molecule has 0 aliphatic heterocycles. The first kappa shape index (κ1) is 12.6. The van der Waals surface area contributed by atoms with Gasteiger partial charge in [-0.1, -0.05) is 11.6 Å². The topological polar surface area (TPSA) is 70.7 Å². The highest BCUT2D eigenvalue weighted by Gasteiger charge is 2.22. The minimum atomic E-state index is -1.07. The molecule has 2 rings (SSSR count). The number of aliphatic hydroxyl groups is 2. The highest BCUT2D eigenvalue weighted by atomic mass is 35.5. The van der Waals surface area contributed by atoms with E-state index in [4.69, 9.17) is 23.2 Å². The van der Waals surface area contributed by atoms with Crippen LogP contribution in [0.15, 0.2) is 18.5 Å². The quantitative estimate of drug-likeness (QED) is 0.654. The molecule has 2 N–H and O–H groups in total. The third-order valence-corrected chi connectivity index (χ3v) is 2.88. The van der Waals surface area contributed by atoms with Gasteiger partial charge in [-0.2, -0.15) is 5.10 Å². The summed E-state index contributed by atoms with van der Waals surface area (Å²) in [6.07, 6.45) is 1.37. The summed E-state index contributed by atoms with van der Waals surface area (Å²) in [5.74, 6) is 0.269. The van der Waals surface area contributed by atoms with Crippen molar-refractivity contribution in [3.63, 3.8) is 0 Å². The Bertz CT molecular complexity index is 517. The third kappa shape index (κ3) is 2.52. The molecule has 0 amide bonds. The molecule has 0 saturated carbocycles. The maximum atomic E-state index is 9.95. The SMILES string of the molecule is OC(CCCl)C(O)c1cnn2ccc(Cl)nc12. The van der Waals surface area contributed by atoms with Crippen molar-refractivity contribution in [3.05, 3.63) is 29.2 Å². The first-order chi connectivity index (χ1) is 8.13. The molecule has 0 aromatic carbocycles. The number of aromatic nitrogens is 3. The molecule has 2 heterocycles. The van der Waals surface area contributed by atoms with E-state index in [1.54, 1.807) is 12.3 Å². The molecule has 2 atom stereocenters. The molecule has 92 valence electrons. The summed E-state index contributed by atoms with van der Waals surface area (Å²) < 4.78 is 1.48. The number of hydrogen-bond acceptors (Lipinski definition) is 4. The van der Waals surface area contributed by atoms with E-state index >= 15 is 0 Å². The van der Waals surface area contributed by atoms with Gasteiger partial charge in [-0.15, -0.1) is 11.6 Å². The highest BCUT2D eigenvalue weighted by molar-refractivity contribution is 6.29. The van der Waals surface area contributed by atoms with Gasteiger partial charge >= 0.3 is 0 Å². The molecule has 2 aromatic rings. The molecule has 0 fully saturated rings. The van der Waals surface area contributed by atoms with Crippen LogP contribution in [0.3, 0.4) is 0 Å². The minimum absolute atomic E-state index is 0.269. The fourth-order valence-electron chi connectivity index (χ4n) is 1.55. The van der Waals surface area contributed by atoms with Gasteiger partial charge in [-0.3, -0.25) is 0 Å². The summed E-state index contributed by atoms with van der Waals surface area (Å²) in [7, 11) is 0. The number of fused-ring (bicyclic) bond motifs is 1. The summed E-state index contributed by atoms with van der Waals surface area (Å²) in [5, 5.41) is 24.0. The second kappa shape index (κ2) is 5.18. The van der Waals surface area contributed by atoms with Crippen molar-refractivity contribution >= 4 is 28.8 Å². The van der Waals surface area contributed by atoms with Gasteiger partial charge in [0, 0.05) is 17.6 Å². The second-order valence-electron chi connectivity index (χ2n) is 3.61. The molecule has 0 bridgehead atoms. The molecular formula is C10H11Cl2N3O2. The Morgan fingerprint density at radius 3 is 2.88 bits per heavy atom. The van der Waals surface area contributed by atoms with Gasteiger partial charge in [-0.25, -0.2) is 9.50 Å². The zero-order valence-corrected chi connectivity index (χ0v) is 10.3. The molecule has 0 radical (unpaired) electrons. The molecule has 17 heavy (non-hydrogen) atoms. The fourth-order valence-corrected chi connectivity index (χ4v) is 1.91. The number of nitrogens with zero attached hydrogens (tertiary/aromatic N) is 3.